The van der Waals surface area contributed by atoms with Crippen LogP contribution in [-0.2, 0) is 21.5 Å². The predicted octanol–water partition coefficient (Wildman–Crippen LogP) is 3.18. The number of nitrogens with zero attached hydrogens (tertiary/aromatic N) is 1. The molecule has 11 heteroatoms. The number of oxazole rings is 1. The molecule has 0 unspecified atom stereocenters. The molecule has 0 bridgehead atoms. The minimum absolute atomic E-state index is 0.0469. The van der Waals surface area contributed by atoms with Crippen molar-refractivity contribution in [2.45, 2.75) is 13.5 Å². The van der Waals surface area contributed by atoms with E-state index in [-0.39, 0.29) is 23.8 Å². The van der Waals surface area contributed by atoms with Gasteiger partial charge in [0.25, 0.3) is 0 Å². The number of hydrogen-bond acceptors (Lipinski definition) is 10. The molecule has 2 aromatic carbocycles. The van der Waals surface area contributed by atoms with E-state index in [1.807, 2.05) is 0 Å². The molecule has 1 aromatic heterocycles. The maximum Gasteiger partial charge on any atom is 0.341 e. The van der Waals surface area contributed by atoms with Gasteiger partial charge in [-0.3, -0.25) is 4.79 Å². The van der Waals surface area contributed by atoms with E-state index in [2.05, 4.69) is 4.98 Å². The maximum atomic E-state index is 12.1. The first kappa shape index (κ1) is 23.8. The van der Waals surface area contributed by atoms with Crippen molar-refractivity contribution in [1.82, 2.24) is 4.98 Å². The molecule has 10 nitrogen and oxygen atoms in total. The smallest absolute Gasteiger partial charge is 0.341 e. The van der Waals surface area contributed by atoms with E-state index in [1.54, 1.807) is 25.1 Å². The summed E-state index contributed by atoms with van der Waals surface area (Å²) >= 11 is 0. The van der Waals surface area contributed by atoms with Gasteiger partial charge >= 0.3 is 16.1 Å². The predicted molar refractivity (Wildman–Crippen MR) is 116 cm³/mol. The Labute approximate surface area is 190 Å². The van der Waals surface area contributed by atoms with Gasteiger partial charge in [-0.05, 0) is 43.3 Å². The fraction of sp³-hybridized carbons (Fsp3) is 0.227. The number of aldehydes is 1. The second-order valence-electron chi connectivity index (χ2n) is 6.83. The Hall–Kier alpha value is -3.86. The van der Waals surface area contributed by atoms with E-state index >= 15 is 0 Å². The van der Waals surface area contributed by atoms with Crippen molar-refractivity contribution < 1.29 is 40.8 Å². The van der Waals surface area contributed by atoms with Crippen LogP contribution in [0.2, 0.25) is 0 Å². The van der Waals surface area contributed by atoms with E-state index in [1.165, 1.54) is 32.4 Å². The van der Waals surface area contributed by atoms with Gasteiger partial charge in [-0.1, -0.05) is 0 Å². The lowest BCUT2D eigenvalue weighted by Gasteiger charge is -2.10. The number of ether oxygens (including phenoxy) is 3. The van der Waals surface area contributed by atoms with Gasteiger partial charge in [0.15, 0.2) is 17.2 Å². The molecular weight excluding hydrogens is 454 g/mol. The number of aromatic nitrogens is 1. The van der Waals surface area contributed by atoms with Crippen LogP contribution in [0.15, 0.2) is 40.8 Å². The van der Waals surface area contributed by atoms with Gasteiger partial charge < -0.3 is 22.8 Å². The van der Waals surface area contributed by atoms with Crippen LogP contribution in [0, 0.1) is 6.92 Å². The summed E-state index contributed by atoms with van der Waals surface area (Å²) in [7, 11) is -1.23. The topological polar surface area (TPSA) is 131 Å². The highest BCUT2D eigenvalue weighted by molar-refractivity contribution is 7.86. The van der Waals surface area contributed by atoms with Crippen LogP contribution in [0.5, 0.6) is 17.2 Å². The molecule has 0 saturated carbocycles. The Kier molecular flexibility index (Phi) is 7.02. The van der Waals surface area contributed by atoms with Gasteiger partial charge in [-0.2, -0.15) is 8.42 Å². The minimum atomic E-state index is -3.86. The Morgan fingerprint density at radius 1 is 1.09 bits per heavy atom. The van der Waals surface area contributed by atoms with Crippen molar-refractivity contribution in [3.05, 3.63) is 59.0 Å². The number of aryl methyl sites for hydroxylation is 1. The molecule has 3 rings (SSSR count). The Balaban J connectivity index is 1.88. The van der Waals surface area contributed by atoms with Crippen molar-refractivity contribution >= 4 is 22.4 Å². The summed E-state index contributed by atoms with van der Waals surface area (Å²) in [6.45, 7) is 1.75. The van der Waals surface area contributed by atoms with Crippen molar-refractivity contribution in [3.8, 4) is 28.7 Å². The molecule has 0 radical (unpaired) electrons. The third-order valence-electron chi connectivity index (χ3n) is 4.45. The standard InChI is InChI=1S/C22H21NO9S/c1-13-17(12-30-19-7-5-14(11-24)9-20(19)28-2)23-21(31-13)15-6-8-18(32-33(4,26)27)16(10-15)22(25)29-3/h5-11H,12H2,1-4H3. The lowest BCUT2D eigenvalue weighted by molar-refractivity contribution is 0.0599. The highest BCUT2D eigenvalue weighted by Crippen LogP contribution is 2.31. The molecule has 33 heavy (non-hydrogen) atoms. The van der Waals surface area contributed by atoms with Crippen LogP contribution in [0.25, 0.3) is 11.5 Å². The van der Waals surface area contributed by atoms with Gasteiger partial charge in [0.05, 0.1) is 20.5 Å². The van der Waals surface area contributed by atoms with Crippen molar-refractivity contribution in [2.75, 3.05) is 20.5 Å². The summed E-state index contributed by atoms with van der Waals surface area (Å²) in [5.41, 5.74) is 1.24. The van der Waals surface area contributed by atoms with Gasteiger partial charge in [-0.15, -0.1) is 0 Å². The second kappa shape index (κ2) is 9.74. The van der Waals surface area contributed by atoms with E-state index in [0.717, 1.165) is 6.26 Å². The molecule has 1 heterocycles. The number of hydrogen-bond donors (Lipinski definition) is 0. The molecular formula is C22H21NO9S. The van der Waals surface area contributed by atoms with Crippen LogP contribution in [0.3, 0.4) is 0 Å². The molecule has 0 aliphatic heterocycles. The van der Waals surface area contributed by atoms with Crippen LogP contribution in [0.1, 0.15) is 32.2 Å². The van der Waals surface area contributed by atoms with Crippen molar-refractivity contribution in [2.24, 2.45) is 0 Å². The van der Waals surface area contributed by atoms with Gasteiger partial charge in [0, 0.05) is 11.1 Å². The van der Waals surface area contributed by atoms with Crippen molar-refractivity contribution in [1.29, 1.82) is 0 Å². The minimum Gasteiger partial charge on any atom is -0.493 e. The summed E-state index contributed by atoms with van der Waals surface area (Å²) in [5, 5.41) is 0. The quantitative estimate of drug-likeness (QED) is 0.258. The first-order valence-electron chi connectivity index (χ1n) is 9.49. The third kappa shape index (κ3) is 5.69. The van der Waals surface area contributed by atoms with Gasteiger partial charge in [0.2, 0.25) is 5.89 Å². The maximum absolute atomic E-state index is 12.1. The molecule has 0 atom stereocenters. The first-order valence-corrected chi connectivity index (χ1v) is 11.3. The SMILES string of the molecule is COC(=O)c1cc(-c2nc(COc3ccc(C=O)cc3OC)c(C)o2)ccc1OS(C)(=O)=O. The Bertz CT molecular complexity index is 1300. The highest BCUT2D eigenvalue weighted by Gasteiger charge is 2.20. The normalized spacial score (nSPS) is 11.0. The van der Waals surface area contributed by atoms with E-state index in [9.17, 15) is 18.0 Å². The largest absolute Gasteiger partial charge is 0.493 e. The first-order chi connectivity index (χ1) is 15.6. The van der Waals surface area contributed by atoms with Gasteiger partial charge in [-0.25, -0.2) is 9.78 Å². The van der Waals surface area contributed by atoms with Crippen molar-refractivity contribution in [3.63, 3.8) is 0 Å². The zero-order chi connectivity index (χ0) is 24.2. The fourth-order valence-electron chi connectivity index (χ4n) is 2.88. The van der Waals surface area contributed by atoms with Crippen LogP contribution >= 0.6 is 0 Å². The number of methoxy groups -OCH3 is 2. The average Bonchev–Trinajstić information content (AvgIpc) is 3.16. The molecule has 0 aliphatic carbocycles. The molecule has 0 fully saturated rings. The van der Waals surface area contributed by atoms with Crippen LogP contribution < -0.4 is 13.7 Å². The fourth-order valence-corrected chi connectivity index (χ4v) is 3.35. The lowest BCUT2D eigenvalue weighted by atomic mass is 10.1. The molecule has 174 valence electrons. The summed E-state index contributed by atoms with van der Waals surface area (Å²) in [5.74, 6) is 0.515. The molecule has 0 spiro atoms. The Morgan fingerprint density at radius 2 is 1.82 bits per heavy atom. The zero-order valence-corrected chi connectivity index (χ0v) is 19.1. The Morgan fingerprint density at radius 3 is 2.45 bits per heavy atom. The average molecular weight is 475 g/mol. The number of esters is 1. The van der Waals surface area contributed by atoms with Crippen LogP contribution in [0.4, 0.5) is 0 Å². The molecule has 3 aromatic rings. The number of benzene rings is 2. The molecule has 0 amide bonds. The lowest BCUT2D eigenvalue weighted by Crippen LogP contribution is -2.11. The molecule has 0 aliphatic rings. The molecule has 0 saturated heterocycles. The van der Waals surface area contributed by atoms with E-state index in [0.29, 0.717) is 40.4 Å². The number of carbonyl (C=O) groups is 2. The summed E-state index contributed by atoms with van der Waals surface area (Å²) in [4.78, 5) is 27.5. The van der Waals surface area contributed by atoms with Crippen LogP contribution in [-0.4, -0.2) is 46.1 Å². The summed E-state index contributed by atoms with van der Waals surface area (Å²) < 4.78 is 49.3. The third-order valence-corrected chi connectivity index (χ3v) is 4.94. The summed E-state index contributed by atoms with van der Waals surface area (Å²) in [6, 6.07) is 8.95. The zero-order valence-electron chi connectivity index (χ0n) is 18.3. The number of rotatable bonds is 9. The highest BCUT2D eigenvalue weighted by atomic mass is 32.2. The van der Waals surface area contributed by atoms with E-state index in [4.69, 9.17) is 22.8 Å². The van der Waals surface area contributed by atoms with Gasteiger partial charge in [0.1, 0.15) is 29.9 Å². The monoisotopic (exact) mass is 475 g/mol. The summed E-state index contributed by atoms with van der Waals surface area (Å²) in [6.07, 6.45) is 1.57. The molecule has 0 N–H and O–H groups in total. The number of carbonyl (C=O) groups excluding carboxylic acids is 2. The van der Waals surface area contributed by atoms with E-state index < -0.39 is 16.1 Å². The second-order valence-corrected chi connectivity index (χ2v) is 8.40.